The quantitative estimate of drug-likeness (QED) is 0.350. The standard InChI is InChI=1S/C26H20O2/c1-3-4-18-6-10-22-20(16-18)8-12-24-26(22)25-21-9-5-17(2)15-19(21)7-11-23(25)27-13-14-28-24/h5-12,15-16H,13-14H2,1-2H3. The number of rotatable bonds is 0. The van der Waals surface area contributed by atoms with Crippen molar-refractivity contribution in [3.05, 3.63) is 71.8 Å². The Bertz CT molecular complexity index is 1290. The first-order valence-electron chi connectivity index (χ1n) is 9.53. The van der Waals surface area contributed by atoms with Crippen LogP contribution in [0.4, 0.5) is 0 Å². The third-order valence-corrected chi connectivity index (χ3v) is 5.24. The zero-order valence-corrected chi connectivity index (χ0v) is 16.0. The second-order valence-corrected chi connectivity index (χ2v) is 7.11. The fourth-order valence-electron chi connectivity index (χ4n) is 4.02. The van der Waals surface area contributed by atoms with Crippen molar-refractivity contribution in [2.75, 3.05) is 13.2 Å². The van der Waals surface area contributed by atoms with E-state index in [1.807, 2.05) is 6.92 Å². The van der Waals surface area contributed by atoms with E-state index < -0.39 is 0 Å². The molecule has 0 saturated carbocycles. The Morgan fingerprint density at radius 1 is 0.714 bits per heavy atom. The van der Waals surface area contributed by atoms with Crippen LogP contribution in [0.1, 0.15) is 18.1 Å². The van der Waals surface area contributed by atoms with Gasteiger partial charge in [0, 0.05) is 16.7 Å². The molecule has 136 valence electrons. The lowest BCUT2D eigenvalue weighted by molar-refractivity contribution is 0.215. The Labute approximate surface area is 164 Å². The largest absolute Gasteiger partial charge is 0.489 e. The Kier molecular flexibility index (Phi) is 3.95. The summed E-state index contributed by atoms with van der Waals surface area (Å²) in [4.78, 5) is 0. The van der Waals surface area contributed by atoms with Crippen molar-refractivity contribution in [3.8, 4) is 34.5 Å². The maximum atomic E-state index is 6.09. The number of ether oxygens (including phenoxy) is 2. The maximum absolute atomic E-state index is 6.09. The molecule has 0 unspecified atom stereocenters. The number of aryl methyl sites for hydroxylation is 1. The van der Waals surface area contributed by atoms with Crippen LogP contribution in [-0.4, -0.2) is 13.2 Å². The average Bonchev–Trinajstić information content (AvgIpc) is 2.69. The zero-order chi connectivity index (χ0) is 19.1. The van der Waals surface area contributed by atoms with Crippen molar-refractivity contribution in [3.63, 3.8) is 0 Å². The average molecular weight is 364 g/mol. The van der Waals surface area contributed by atoms with Gasteiger partial charge in [-0.2, -0.15) is 0 Å². The van der Waals surface area contributed by atoms with Crippen LogP contribution >= 0.6 is 0 Å². The van der Waals surface area contributed by atoms with Crippen LogP contribution in [0.15, 0.2) is 60.7 Å². The molecular formula is C26H20O2. The lowest BCUT2D eigenvalue weighted by Crippen LogP contribution is -2.12. The topological polar surface area (TPSA) is 18.5 Å². The minimum atomic E-state index is 0.531. The van der Waals surface area contributed by atoms with E-state index in [1.165, 1.54) is 16.3 Å². The summed E-state index contributed by atoms with van der Waals surface area (Å²) in [6, 6.07) is 21.3. The predicted octanol–water partition coefficient (Wildman–Crippen LogP) is 6.11. The summed E-state index contributed by atoms with van der Waals surface area (Å²) in [5.41, 5.74) is 4.47. The summed E-state index contributed by atoms with van der Waals surface area (Å²) >= 11 is 0. The number of hydrogen-bond donors (Lipinski definition) is 0. The van der Waals surface area contributed by atoms with Crippen molar-refractivity contribution in [2.45, 2.75) is 13.8 Å². The Hall–Kier alpha value is -3.44. The molecule has 0 atom stereocenters. The van der Waals surface area contributed by atoms with E-state index in [-0.39, 0.29) is 0 Å². The minimum absolute atomic E-state index is 0.531. The molecule has 0 bridgehead atoms. The van der Waals surface area contributed by atoms with Gasteiger partial charge in [-0.1, -0.05) is 47.9 Å². The molecule has 5 rings (SSSR count). The molecule has 0 fully saturated rings. The van der Waals surface area contributed by atoms with E-state index in [2.05, 4.69) is 79.4 Å². The minimum Gasteiger partial charge on any atom is -0.489 e. The highest BCUT2D eigenvalue weighted by atomic mass is 16.5. The van der Waals surface area contributed by atoms with Crippen LogP contribution in [0.25, 0.3) is 32.7 Å². The molecule has 0 spiro atoms. The van der Waals surface area contributed by atoms with E-state index in [0.717, 1.165) is 39.0 Å². The summed E-state index contributed by atoms with van der Waals surface area (Å²) in [6.45, 7) is 5.05. The molecule has 1 heterocycles. The normalized spacial score (nSPS) is 12.6. The van der Waals surface area contributed by atoms with Crippen LogP contribution in [-0.2, 0) is 0 Å². The van der Waals surface area contributed by atoms with Crippen molar-refractivity contribution in [1.82, 2.24) is 0 Å². The maximum Gasteiger partial charge on any atom is 0.128 e. The van der Waals surface area contributed by atoms with E-state index in [4.69, 9.17) is 9.47 Å². The molecule has 0 amide bonds. The molecular weight excluding hydrogens is 344 g/mol. The number of benzene rings is 4. The molecule has 4 aromatic rings. The Morgan fingerprint density at radius 3 is 1.96 bits per heavy atom. The summed E-state index contributed by atoms with van der Waals surface area (Å²) in [6.07, 6.45) is 0. The Morgan fingerprint density at radius 2 is 1.32 bits per heavy atom. The van der Waals surface area contributed by atoms with Gasteiger partial charge in [0.1, 0.15) is 24.7 Å². The highest BCUT2D eigenvalue weighted by Gasteiger charge is 2.21. The molecule has 28 heavy (non-hydrogen) atoms. The predicted molar refractivity (Wildman–Crippen MR) is 115 cm³/mol. The molecule has 2 heteroatoms. The van der Waals surface area contributed by atoms with Gasteiger partial charge in [-0.05, 0) is 59.7 Å². The third-order valence-electron chi connectivity index (χ3n) is 5.24. The zero-order valence-electron chi connectivity index (χ0n) is 16.0. The van der Waals surface area contributed by atoms with Gasteiger partial charge in [-0.3, -0.25) is 0 Å². The van der Waals surface area contributed by atoms with Gasteiger partial charge >= 0.3 is 0 Å². The monoisotopic (exact) mass is 364 g/mol. The van der Waals surface area contributed by atoms with Gasteiger partial charge in [0.2, 0.25) is 0 Å². The third kappa shape index (κ3) is 2.68. The summed E-state index contributed by atoms with van der Waals surface area (Å²) in [7, 11) is 0. The number of hydrogen-bond acceptors (Lipinski definition) is 2. The van der Waals surface area contributed by atoms with Gasteiger partial charge in [-0.15, -0.1) is 5.92 Å². The van der Waals surface area contributed by atoms with E-state index >= 15 is 0 Å². The second-order valence-electron chi connectivity index (χ2n) is 7.11. The fourth-order valence-corrected chi connectivity index (χ4v) is 4.02. The molecule has 1 aliphatic heterocycles. The van der Waals surface area contributed by atoms with Gasteiger partial charge in [0.15, 0.2) is 0 Å². The highest BCUT2D eigenvalue weighted by Crippen LogP contribution is 2.46. The number of fused-ring (bicyclic) bond motifs is 7. The lowest BCUT2D eigenvalue weighted by Gasteiger charge is -2.22. The molecule has 0 N–H and O–H groups in total. The van der Waals surface area contributed by atoms with Crippen LogP contribution < -0.4 is 9.47 Å². The first-order valence-corrected chi connectivity index (χ1v) is 9.53. The van der Waals surface area contributed by atoms with Gasteiger partial charge in [0.25, 0.3) is 0 Å². The summed E-state index contributed by atoms with van der Waals surface area (Å²) in [5, 5.41) is 4.69. The van der Waals surface area contributed by atoms with Crippen molar-refractivity contribution in [1.29, 1.82) is 0 Å². The van der Waals surface area contributed by atoms with Gasteiger partial charge < -0.3 is 9.47 Å². The van der Waals surface area contributed by atoms with Crippen LogP contribution in [0.3, 0.4) is 0 Å². The smallest absolute Gasteiger partial charge is 0.128 e. The van der Waals surface area contributed by atoms with Gasteiger partial charge in [-0.25, -0.2) is 0 Å². The van der Waals surface area contributed by atoms with E-state index in [1.54, 1.807) is 0 Å². The first kappa shape index (κ1) is 16.7. The summed E-state index contributed by atoms with van der Waals surface area (Å²) in [5.74, 6) is 7.94. The van der Waals surface area contributed by atoms with Crippen LogP contribution in [0, 0.1) is 18.8 Å². The molecule has 0 saturated heterocycles. The Balaban J connectivity index is 1.91. The molecule has 0 radical (unpaired) electrons. The van der Waals surface area contributed by atoms with Crippen LogP contribution in [0.2, 0.25) is 0 Å². The lowest BCUT2D eigenvalue weighted by atomic mass is 9.91. The second kappa shape index (κ2) is 6.62. The van der Waals surface area contributed by atoms with Crippen molar-refractivity contribution >= 4 is 21.5 Å². The SMILES string of the molecule is CC#Cc1ccc2c3c(ccc2c1)OCCOc1ccc2cc(C)ccc2c1-3. The first-order chi connectivity index (χ1) is 13.7. The van der Waals surface area contributed by atoms with Gasteiger partial charge in [0.05, 0.1) is 0 Å². The summed E-state index contributed by atoms with van der Waals surface area (Å²) < 4.78 is 12.2. The highest BCUT2D eigenvalue weighted by molar-refractivity contribution is 6.10. The van der Waals surface area contributed by atoms with Crippen molar-refractivity contribution in [2.24, 2.45) is 0 Å². The molecule has 2 nitrogen and oxygen atoms in total. The molecule has 0 aliphatic carbocycles. The molecule has 1 aliphatic rings. The molecule has 4 aromatic carbocycles. The van der Waals surface area contributed by atoms with Crippen molar-refractivity contribution < 1.29 is 9.47 Å². The van der Waals surface area contributed by atoms with E-state index in [9.17, 15) is 0 Å². The van der Waals surface area contributed by atoms with Crippen LogP contribution in [0.5, 0.6) is 11.5 Å². The molecule has 0 aromatic heterocycles. The fraction of sp³-hybridized carbons (Fsp3) is 0.154. The van der Waals surface area contributed by atoms with E-state index in [0.29, 0.717) is 13.2 Å².